The first kappa shape index (κ1) is 14.3. The smallest absolute Gasteiger partial charge is 0.210 e. The molecule has 0 heterocycles. The summed E-state index contributed by atoms with van der Waals surface area (Å²) in [5.74, 6) is -0.718. The Kier molecular flexibility index (Phi) is 3.85. The molecule has 1 fully saturated rings. The highest BCUT2D eigenvalue weighted by Gasteiger charge is 2.42. The van der Waals surface area contributed by atoms with E-state index in [1.54, 1.807) is 17.8 Å². The van der Waals surface area contributed by atoms with Crippen LogP contribution in [0.4, 0.5) is 4.39 Å². The van der Waals surface area contributed by atoms with Gasteiger partial charge >= 0.3 is 0 Å². The molecule has 1 aromatic carbocycles. The molecule has 7 heteroatoms. The van der Waals surface area contributed by atoms with E-state index >= 15 is 0 Å². The van der Waals surface area contributed by atoms with Crippen molar-refractivity contribution in [2.45, 2.75) is 22.5 Å². The van der Waals surface area contributed by atoms with E-state index in [-0.39, 0.29) is 15.2 Å². The zero-order valence-corrected chi connectivity index (χ0v) is 11.9. The maximum Gasteiger partial charge on any atom is 0.240 e. The summed E-state index contributed by atoms with van der Waals surface area (Å²) in [6.07, 6.45) is 3.93. The average molecular weight is 300 g/mol. The summed E-state index contributed by atoms with van der Waals surface area (Å²) in [7, 11) is -3.69. The Labute approximate surface area is 116 Å². The van der Waals surface area contributed by atoms with Crippen LogP contribution in [-0.4, -0.2) is 26.0 Å². The van der Waals surface area contributed by atoms with Gasteiger partial charge < -0.3 is 0 Å². The van der Waals surface area contributed by atoms with Crippen LogP contribution >= 0.6 is 11.8 Å². The van der Waals surface area contributed by atoms with E-state index < -0.39 is 15.8 Å². The fourth-order valence-corrected chi connectivity index (χ4v) is 3.63. The van der Waals surface area contributed by atoms with Gasteiger partial charge in [-0.05, 0) is 37.3 Å². The van der Waals surface area contributed by atoms with Crippen LogP contribution in [0.25, 0.3) is 0 Å². The van der Waals surface area contributed by atoms with Crippen LogP contribution in [0.2, 0.25) is 0 Å². The second kappa shape index (κ2) is 5.12. The molecule has 19 heavy (non-hydrogen) atoms. The maximum absolute atomic E-state index is 13.2. The Morgan fingerprint density at radius 3 is 2.74 bits per heavy atom. The van der Waals surface area contributed by atoms with Crippen LogP contribution in [0, 0.1) is 17.1 Å². The standard InChI is InChI=1S/C12H13FN2O2S2/c1-18-12(4-5-12)8-15-19(16,17)10-2-3-11(13)9(6-10)7-14/h2-3,6,15H,4-5,8H2,1H3. The number of nitrogens with one attached hydrogen (secondary N) is 1. The van der Waals surface area contributed by atoms with Gasteiger partial charge in [-0.15, -0.1) is 0 Å². The van der Waals surface area contributed by atoms with Crippen LogP contribution in [0.15, 0.2) is 23.1 Å². The largest absolute Gasteiger partial charge is 0.240 e. The number of thioether (sulfide) groups is 1. The Hall–Kier alpha value is -1.10. The molecule has 102 valence electrons. The summed E-state index contributed by atoms with van der Waals surface area (Å²) in [5, 5.41) is 8.71. The summed E-state index contributed by atoms with van der Waals surface area (Å²) in [4.78, 5) is -0.0812. The highest BCUT2D eigenvalue weighted by atomic mass is 32.2. The lowest BCUT2D eigenvalue weighted by molar-refractivity contribution is 0.578. The molecular weight excluding hydrogens is 287 g/mol. The molecule has 0 aromatic heterocycles. The first-order valence-electron chi connectivity index (χ1n) is 5.67. The van der Waals surface area contributed by atoms with Crippen LogP contribution in [0.5, 0.6) is 0 Å². The molecule has 0 bridgehead atoms. The highest BCUT2D eigenvalue weighted by Crippen LogP contribution is 2.46. The molecule has 1 N–H and O–H groups in total. The maximum atomic E-state index is 13.2. The predicted octanol–water partition coefficient (Wildman–Crippen LogP) is 1.87. The van der Waals surface area contributed by atoms with Crippen LogP contribution in [0.3, 0.4) is 0 Å². The number of benzene rings is 1. The molecule has 2 rings (SSSR count). The third-order valence-electron chi connectivity index (χ3n) is 3.19. The highest BCUT2D eigenvalue weighted by molar-refractivity contribution is 8.00. The average Bonchev–Trinajstić information content (AvgIpc) is 3.17. The van der Waals surface area contributed by atoms with E-state index in [0.717, 1.165) is 31.0 Å². The van der Waals surface area contributed by atoms with Crippen molar-refractivity contribution in [3.8, 4) is 6.07 Å². The molecule has 0 amide bonds. The van der Waals surface area contributed by atoms with Crippen molar-refractivity contribution in [2.75, 3.05) is 12.8 Å². The molecule has 1 aliphatic rings. The molecule has 1 aliphatic carbocycles. The van der Waals surface area contributed by atoms with Crippen LogP contribution in [0.1, 0.15) is 18.4 Å². The van der Waals surface area contributed by atoms with Crippen molar-refractivity contribution >= 4 is 21.8 Å². The number of hydrogen-bond donors (Lipinski definition) is 1. The molecule has 0 unspecified atom stereocenters. The number of sulfonamides is 1. The quantitative estimate of drug-likeness (QED) is 0.901. The zero-order chi connectivity index (χ0) is 14.1. The molecule has 1 aromatic rings. The van der Waals surface area contributed by atoms with Crippen molar-refractivity contribution in [1.29, 1.82) is 5.26 Å². The number of hydrogen-bond acceptors (Lipinski definition) is 4. The fourth-order valence-electron chi connectivity index (χ4n) is 1.66. The molecule has 0 saturated heterocycles. The van der Waals surface area contributed by atoms with Gasteiger partial charge in [-0.1, -0.05) is 0 Å². The minimum Gasteiger partial charge on any atom is -0.210 e. The van der Waals surface area contributed by atoms with Crippen molar-refractivity contribution in [3.05, 3.63) is 29.6 Å². The Balaban J connectivity index is 2.18. The van der Waals surface area contributed by atoms with E-state index in [1.165, 1.54) is 0 Å². The van der Waals surface area contributed by atoms with E-state index in [4.69, 9.17) is 5.26 Å². The van der Waals surface area contributed by atoms with Gasteiger partial charge in [0.15, 0.2) is 0 Å². The van der Waals surface area contributed by atoms with Crippen molar-refractivity contribution in [2.24, 2.45) is 0 Å². The minimum absolute atomic E-state index is 0.00512. The summed E-state index contributed by atoms with van der Waals surface area (Å²) in [5.41, 5.74) is -0.270. The van der Waals surface area contributed by atoms with Gasteiger partial charge in [0.05, 0.1) is 10.5 Å². The van der Waals surface area contributed by atoms with Gasteiger partial charge in [-0.25, -0.2) is 17.5 Å². The van der Waals surface area contributed by atoms with Gasteiger partial charge in [0.25, 0.3) is 0 Å². The molecule has 1 saturated carbocycles. The Bertz CT molecular complexity index is 634. The van der Waals surface area contributed by atoms with E-state index in [0.29, 0.717) is 6.54 Å². The minimum atomic E-state index is -3.69. The second-order valence-corrected chi connectivity index (χ2v) is 7.51. The molecular formula is C12H13FN2O2S2. The molecule has 0 atom stereocenters. The van der Waals surface area contributed by atoms with Crippen molar-refractivity contribution in [3.63, 3.8) is 0 Å². The van der Waals surface area contributed by atoms with Crippen LogP contribution in [-0.2, 0) is 10.0 Å². The third-order valence-corrected chi connectivity index (χ3v) is 6.01. The van der Waals surface area contributed by atoms with Crippen molar-refractivity contribution in [1.82, 2.24) is 4.72 Å². The second-order valence-electron chi connectivity index (χ2n) is 4.47. The van der Waals surface area contributed by atoms with Gasteiger partial charge in [0, 0.05) is 11.3 Å². The summed E-state index contributed by atoms with van der Waals surface area (Å²) >= 11 is 1.64. The Morgan fingerprint density at radius 1 is 1.53 bits per heavy atom. The molecule has 0 aliphatic heterocycles. The lowest BCUT2D eigenvalue weighted by Crippen LogP contribution is -2.31. The lowest BCUT2D eigenvalue weighted by atomic mass is 10.2. The summed E-state index contributed by atoms with van der Waals surface area (Å²) in [6, 6.07) is 4.84. The number of nitrogens with zero attached hydrogens (tertiary/aromatic N) is 1. The molecule has 0 spiro atoms. The first-order chi connectivity index (χ1) is 8.92. The van der Waals surface area contributed by atoms with Crippen LogP contribution < -0.4 is 4.72 Å². The van der Waals surface area contributed by atoms with Crippen molar-refractivity contribution < 1.29 is 12.8 Å². The lowest BCUT2D eigenvalue weighted by Gasteiger charge is -2.13. The summed E-state index contributed by atoms with van der Waals surface area (Å²) in [6.45, 7) is 0.357. The first-order valence-corrected chi connectivity index (χ1v) is 8.38. The van der Waals surface area contributed by atoms with Gasteiger partial charge in [0.2, 0.25) is 10.0 Å². The normalized spacial score (nSPS) is 16.9. The Morgan fingerprint density at radius 2 is 2.21 bits per heavy atom. The third kappa shape index (κ3) is 3.08. The van der Waals surface area contributed by atoms with Gasteiger partial charge in [-0.2, -0.15) is 17.0 Å². The fraction of sp³-hybridized carbons (Fsp3) is 0.417. The number of rotatable bonds is 5. The number of nitriles is 1. The summed E-state index contributed by atoms with van der Waals surface area (Å²) < 4.78 is 39.8. The molecule has 4 nitrogen and oxygen atoms in total. The monoisotopic (exact) mass is 300 g/mol. The zero-order valence-electron chi connectivity index (χ0n) is 10.3. The number of halogens is 1. The topological polar surface area (TPSA) is 70.0 Å². The SMILES string of the molecule is CSC1(CNS(=O)(=O)c2ccc(F)c(C#N)c2)CC1. The van der Waals surface area contributed by atoms with Gasteiger partial charge in [0.1, 0.15) is 11.9 Å². The predicted molar refractivity (Wildman–Crippen MR) is 71.8 cm³/mol. The van der Waals surface area contributed by atoms with Gasteiger partial charge in [-0.3, -0.25) is 0 Å². The van der Waals surface area contributed by atoms with E-state index in [1.807, 2.05) is 6.26 Å². The van der Waals surface area contributed by atoms with E-state index in [9.17, 15) is 12.8 Å². The molecule has 0 radical (unpaired) electrons. The van der Waals surface area contributed by atoms with E-state index in [2.05, 4.69) is 4.72 Å².